The molecule has 0 saturated carbocycles. The van der Waals surface area contributed by atoms with Gasteiger partial charge in [-0.15, -0.1) is 11.3 Å². The number of nitrogens with zero attached hydrogens (tertiary/aromatic N) is 5. The maximum absolute atomic E-state index is 11.0. The fourth-order valence-corrected chi connectivity index (χ4v) is 5.08. The van der Waals surface area contributed by atoms with Gasteiger partial charge in [0, 0.05) is 24.1 Å². The van der Waals surface area contributed by atoms with E-state index >= 15 is 0 Å². The summed E-state index contributed by atoms with van der Waals surface area (Å²) in [5.74, 6) is 0. The SMILES string of the molecule is O=[N+]([O-])c1ccc2c(cnn2CN2CCCC[C@@H]2c2nc3ccccc3s2)c1. The fourth-order valence-electron chi connectivity index (χ4n) is 3.95. The lowest BCUT2D eigenvalue weighted by Gasteiger charge is -2.34. The molecule has 0 radical (unpaired) electrons. The van der Waals surface area contributed by atoms with Gasteiger partial charge in [-0.1, -0.05) is 18.6 Å². The third-order valence-corrected chi connectivity index (χ3v) is 6.50. The van der Waals surface area contributed by atoms with Gasteiger partial charge in [-0.25, -0.2) is 4.98 Å². The van der Waals surface area contributed by atoms with Gasteiger partial charge in [0.1, 0.15) is 5.01 Å². The van der Waals surface area contributed by atoms with Gasteiger partial charge in [-0.2, -0.15) is 5.10 Å². The van der Waals surface area contributed by atoms with Crippen LogP contribution in [-0.2, 0) is 6.67 Å². The molecule has 7 nitrogen and oxygen atoms in total. The number of aromatic nitrogens is 3. The average Bonchev–Trinajstić information content (AvgIpc) is 3.32. The maximum Gasteiger partial charge on any atom is 0.270 e. The van der Waals surface area contributed by atoms with E-state index in [1.165, 1.54) is 11.1 Å². The lowest BCUT2D eigenvalue weighted by atomic mass is 10.0. The Kier molecular flexibility index (Phi) is 4.29. The molecule has 1 atom stereocenters. The number of rotatable bonds is 4. The molecule has 1 fully saturated rings. The van der Waals surface area contributed by atoms with Crippen LogP contribution >= 0.6 is 11.3 Å². The van der Waals surface area contributed by atoms with Crippen molar-refractivity contribution in [2.45, 2.75) is 32.0 Å². The van der Waals surface area contributed by atoms with E-state index in [0.29, 0.717) is 6.67 Å². The fraction of sp³-hybridized carbons (Fsp3) is 0.300. The number of piperidine rings is 1. The van der Waals surface area contributed by atoms with E-state index in [0.717, 1.165) is 40.8 Å². The highest BCUT2D eigenvalue weighted by Crippen LogP contribution is 2.36. The van der Waals surface area contributed by atoms with Crippen molar-refractivity contribution in [1.29, 1.82) is 0 Å². The first kappa shape index (κ1) is 17.3. The van der Waals surface area contributed by atoms with Gasteiger partial charge in [0.25, 0.3) is 5.69 Å². The van der Waals surface area contributed by atoms with Crippen LogP contribution < -0.4 is 0 Å². The molecule has 2 aromatic heterocycles. The van der Waals surface area contributed by atoms with Gasteiger partial charge >= 0.3 is 0 Å². The summed E-state index contributed by atoms with van der Waals surface area (Å²) in [7, 11) is 0. The van der Waals surface area contributed by atoms with Crippen molar-refractivity contribution >= 4 is 38.1 Å². The second kappa shape index (κ2) is 6.96. The lowest BCUT2D eigenvalue weighted by Crippen LogP contribution is -2.35. The van der Waals surface area contributed by atoms with Crippen LogP contribution in [0.2, 0.25) is 0 Å². The minimum absolute atomic E-state index is 0.0948. The highest BCUT2D eigenvalue weighted by molar-refractivity contribution is 7.18. The Morgan fingerprint density at radius 3 is 2.96 bits per heavy atom. The number of nitro groups is 1. The third kappa shape index (κ3) is 3.04. The van der Waals surface area contributed by atoms with E-state index in [4.69, 9.17) is 4.98 Å². The van der Waals surface area contributed by atoms with Gasteiger partial charge in [-0.3, -0.25) is 19.7 Å². The number of hydrogen-bond acceptors (Lipinski definition) is 6. The number of nitro benzene ring substituents is 1. The van der Waals surface area contributed by atoms with Crippen molar-refractivity contribution in [3.63, 3.8) is 0 Å². The van der Waals surface area contributed by atoms with Crippen molar-refractivity contribution in [1.82, 2.24) is 19.7 Å². The number of thiazole rings is 1. The number of fused-ring (bicyclic) bond motifs is 2. The zero-order valence-corrected chi connectivity index (χ0v) is 16.0. The van der Waals surface area contributed by atoms with E-state index in [9.17, 15) is 10.1 Å². The standard InChI is InChI=1S/C20H19N5O2S/c26-25(27)15-8-9-17-14(11-15)12-21-24(17)13-23-10-4-3-6-18(23)20-22-16-5-1-2-7-19(16)28-20/h1-2,5,7-9,11-12,18H,3-4,6,10,13H2/t18-/m1/s1. The number of para-hydroxylation sites is 1. The molecule has 0 unspecified atom stereocenters. The van der Waals surface area contributed by atoms with E-state index in [2.05, 4.69) is 28.2 Å². The zero-order valence-electron chi connectivity index (χ0n) is 15.2. The average molecular weight is 393 g/mol. The predicted molar refractivity (Wildman–Crippen MR) is 109 cm³/mol. The summed E-state index contributed by atoms with van der Waals surface area (Å²) in [5.41, 5.74) is 2.07. The van der Waals surface area contributed by atoms with E-state index < -0.39 is 0 Å². The normalized spacial score (nSPS) is 18.1. The first-order chi connectivity index (χ1) is 13.7. The van der Waals surface area contributed by atoms with Crippen LogP contribution in [0.5, 0.6) is 0 Å². The van der Waals surface area contributed by atoms with Crippen LogP contribution in [0.25, 0.3) is 21.1 Å². The quantitative estimate of drug-likeness (QED) is 0.370. The van der Waals surface area contributed by atoms with Crippen LogP contribution in [0.4, 0.5) is 5.69 Å². The Bertz CT molecular complexity index is 1130. The van der Waals surface area contributed by atoms with Crippen LogP contribution in [0.3, 0.4) is 0 Å². The number of likely N-dealkylation sites (tertiary alicyclic amines) is 1. The summed E-state index contributed by atoms with van der Waals surface area (Å²) in [5, 5.41) is 17.5. The largest absolute Gasteiger partial charge is 0.275 e. The van der Waals surface area contributed by atoms with Gasteiger partial charge in [0.05, 0.1) is 39.6 Å². The molecular weight excluding hydrogens is 374 g/mol. The molecule has 1 aliphatic rings. The van der Waals surface area contributed by atoms with Crippen molar-refractivity contribution in [2.75, 3.05) is 6.54 Å². The minimum Gasteiger partial charge on any atom is -0.275 e. The molecule has 1 saturated heterocycles. The van der Waals surface area contributed by atoms with Crippen molar-refractivity contribution in [3.8, 4) is 0 Å². The Labute approximate surface area is 165 Å². The highest BCUT2D eigenvalue weighted by atomic mass is 32.1. The van der Waals surface area contributed by atoms with Crippen LogP contribution in [0.15, 0.2) is 48.7 Å². The molecule has 0 amide bonds. The van der Waals surface area contributed by atoms with Crippen LogP contribution in [0.1, 0.15) is 30.3 Å². The molecule has 1 aliphatic heterocycles. The molecule has 0 N–H and O–H groups in total. The highest BCUT2D eigenvalue weighted by Gasteiger charge is 2.27. The molecular formula is C20H19N5O2S. The van der Waals surface area contributed by atoms with Gasteiger partial charge in [-0.05, 0) is 31.0 Å². The molecule has 2 aromatic carbocycles. The summed E-state index contributed by atoms with van der Waals surface area (Å²) < 4.78 is 3.16. The number of hydrogen-bond donors (Lipinski definition) is 0. The Hall–Kier alpha value is -2.84. The number of benzene rings is 2. The van der Waals surface area contributed by atoms with E-state index in [1.807, 2.05) is 10.7 Å². The summed E-state index contributed by atoms with van der Waals surface area (Å²) in [6.07, 6.45) is 5.15. The molecule has 4 aromatic rings. The van der Waals surface area contributed by atoms with Gasteiger partial charge in [0.2, 0.25) is 0 Å². The first-order valence-corrected chi connectivity index (χ1v) is 10.2. The Morgan fingerprint density at radius 1 is 1.21 bits per heavy atom. The first-order valence-electron chi connectivity index (χ1n) is 9.38. The molecule has 28 heavy (non-hydrogen) atoms. The van der Waals surface area contributed by atoms with E-state index in [1.54, 1.807) is 35.7 Å². The summed E-state index contributed by atoms with van der Waals surface area (Å²) in [6, 6.07) is 13.5. The second-order valence-electron chi connectivity index (χ2n) is 7.13. The molecule has 0 spiro atoms. The van der Waals surface area contributed by atoms with E-state index in [-0.39, 0.29) is 16.7 Å². The Morgan fingerprint density at radius 2 is 2.11 bits per heavy atom. The Balaban J connectivity index is 1.45. The van der Waals surface area contributed by atoms with Gasteiger partial charge in [0.15, 0.2) is 0 Å². The maximum atomic E-state index is 11.0. The molecule has 0 aliphatic carbocycles. The zero-order chi connectivity index (χ0) is 19.1. The summed E-state index contributed by atoms with van der Waals surface area (Å²) in [6.45, 7) is 1.65. The van der Waals surface area contributed by atoms with Crippen molar-refractivity contribution < 1.29 is 4.92 Å². The summed E-state index contributed by atoms with van der Waals surface area (Å²) >= 11 is 1.77. The van der Waals surface area contributed by atoms with Crippen LogP contribution in [-0.4, -0.2) is 31.1 Å². The molecule has 0 bridgehead atoms. The second-order valence-corrected chi connectivity index (χ2v) is 8.19. The molecule has 142 valence electrons. The molecule has 8 heteroatoms. The predicted octanol–water partition coefficient (Wildman–Crippen LogP) is 4.74. The molecule has 5 rings (SSSR count). The monoisotopic (exact) mass is 393 g/mol. The van der Waals surface area contributed by atoms with Crippen molar-refractivity contribution in [3.05, 3.63) is 63.8 Å². The van der Waals surface area contributed by atoms with Crippen molar-refractivity contribution in [2.24, 2.45) is 0 Å². The van der Waals surface area contributed by atoms with Gasteiger partial charge < -0.3 is 0 Å². The molecule has 3 heterocycles. The topological polar surface area (TPSA) is 77.1 Å². The van der Waals surface area contributed by atoms with Crippen LogP contribution in [0, 0.1) is 10.1 Å². The number of non-ortho nitro benzene ring substituents is 1. The third-order valence-electron chi connectivity index (χ3n) is 5.36. The minimum atomic E-state index is -0.370. The summed E-state index contributed by atoms with van der Waals surface area (Å²) in [4.78, 5) is 17.9. The smallest absolute Gasteiger partial charge is 0.270 e. The lowest BCUT2D eigenvalue weighted by molar-refractivity contribution is -0.384.